The van der Waals surface area contributed by atoms with Crippen LogP contribution in [0.5, 0.6) is 0 Å². The summed E-state index contributed by atoms with van der Waals surface area (Å²) in [7, 11) is 0. The Balaban J connectivity index is 3.51. The fourth-order valence-corrected chi connectivity index (χ4v) is 4.14. The fraction of sp³-hybridized carbons (Fsp3) is 0.613. The normalized spacial score (nSPS) is 13.4. The van der Waals surface area contributed by atoms with Crippen LogP contribution < -0.4 is 10.6 Å². The molecule has 40 heavy (non-hydrogen) atoms. The first-order chi connectivity index (χ1) is 18.9. The Kier molecular flexibility index (Phi) is 15.0. The van der Waals surface area contributed by atoms with Crippen molar-refractivity contribution < 1.29 is 28.7 Å². The van der Waals surface area contributed by atoms with Crippen LogP contribution in [-0.4, -0.2) is 60.1 Å². The number of unbranched alkanes of at least 4 members (excludes halogenated alkanes) is 2. The molecule has 1 aromatic rings. The number of alkyl carbamates (subject to hydrolysis) is 1. The zero-order valence-electron chi connectivity index (χ0n) is 25.4. The Morgan fingerprint density at radius 1 is 1.10 bits per heavy atom. The molecule has 0 aliphatic carbocycles. The molecule has 2 N–H and O–H groups in total. The molecule has 0 aliphatic rings. The zero-order valence-corrected chi connectivity index (χ0v) is 25.4. The van der Waals surface area contributed by atoms with Crippen LogP contribution in [0.1, 0.15) is 97.7 Å². The van der Waals surface area contributed by atoms with Crippen molar-refractivity contribution in [3.8, 4) is 0 Å². The smallest absolute Gasteiger partial charge is 0.408 e. The van der Waals surface area contributed by atoms with E-state index in [0.717, 1.165) is 18.4 Å². The minimum atomic E-state index is -0.988. The molecule has 0 spiro atoms. The predicted molar refractivity (Wildman–Crippen MR) is 157 cm³/mol. The number of nitrogens with zero attached hydrogens (tertiary/aromatic N) is 1. The van der Waals surface area contributed by atoms with Crippen molar-refractivity contribution >= 4 is 30.0 Å². The van der Waals surface area contributed by atoms with Gasteiger partial charge in [0.2, 0.25) is 11.8 Å². The monoisotopic (exact) mass is 559 g/mol. The van der Waals surface area contributed by atoms with Crippen LogP contribution in [0, 0.1) is 5.92 Å². The molecule has 9 nitrogen and oxygen atoms in total. The van der Waals surface area contributed by atoms with Gasteiger partial charge in [-0.25, -0.2) is 4.79 Å². The summed E-state index contributed by atoms with van der Waals surface area (Å²) in [5.41, 5.74) is 0.671. The second-order valence-corrected chi connectivity index (χ2v) is 10.9. The molecule has 0 heterocycles. The van der Waals surface area contributed by atoms with Crippen molar-refractivity contribution in [3.05, 3.63) is 42.0 Å². The van der Waals surface area contributed by atoms with E-state index in [0.29, 0.717) is 24.9 Å². The van der Waals surface area contributed by atoms with Crippen molar-refractivity contribution in [2.45, 2.75) is 98.3 Å². The molecular formula is C31H49N3O6. The number of benzene rings is 1. The van der Waals surface area contributed by atoms with Gasteiger partial charge in [-0.05, 0) is 57.2 Å². The third-order valence-corrected chi connectivity index (χ3v) is 6.39. The lowest BCUT2D eigenvalue weighted by molar-refractivity contribution is -0.145. The van der Waals surface area contributed by atoms with Crippen molar-refractivity contribution in [1.29, 1.82) is 0 Å². The Morgan fingerprint density at radius 3 is 2.38 bits per heavy atom. The second kappa shape index (κ2) is 17.4. The van der Waals surface area contributed by atoms with Crippen LogP contribution >= 0.6 is 0 Å². The van der Waals surface area contributed by atoms with Crippen LogP contribution in [0.3, 0.4) is 0 Å². The van der Waals surface area contributed by atoms with E-state index in [9.17, 15) is 19.2 Å². The molecule has 3 atom stereocenters. The molecule has 0 saturated heterocycles. The molecular weight excluding hydrogens is 510 g/mol. The first kappa shape index (κ1) is 34.7. The maximum Gasteiger partial charge on any atom is 0.408 e. The highest BCUT2D eigenvalue weighted by atomic mass is 16.6. The van der Waals surface area contributed by atoms with E-state index in [4.69, 9.17) is 9.47 Å². The SMILES string of the molecule is C=Cc1cccc(C(C(=O)NCCC(=O)OCC)N(CCCCC)C(=O)C(NC(=O)OC(C)(C)C)C(C)CC)c1. The van der Waals surface area contributed by atoms with Crippen molar-refractivity contribution in [1.82, 2.24) is 15.5 Å². The van der Waals surface area contributed by atoms with Crippen LogP contribution in [0.15, 0.2) is 30.8 Å². The summed E-state index contributed by atoms with van der Waals surface area (Å²) in [6.45, 7) is 17.3. The average Bonchev–Trinajstić information content (AvgIpc) is 2.89. The number of nitrogens with one attached hydrogen (secondary N) is 2. The average molecular weight is 560 g/mol. The lowest BCUT2D eigenvalue weighted by Crippen LogP contribution is -2.55. The number of hydrogen-bond donors (Lipinski definition) is 2. The van der Waals surface area contributed by atoms with Gasteiger partial charge in [0.15, 0.2) is 0 Å². The molecule has 0 aliphatic heterocycles. The summed E-state index contributed by atoms with van der Waals surface area (Å²) in [6, 6.07) is 5.40. The van der Waals surface area contributed by atoms with Crippen LogP contribution in [0.2, 0.25) is 0 Å². The number of amides is 3. The quantitative estimate of drug-likeness (QED) is 0.207. The minimum absolute atomic E-state index is 0.0124. The third-order valence-electron chi connectivity index (χ3n) is 6.39. The Bertz CT molecular complexity index is 988. The molecule has 0 bridgehead atoms. The maximum atomic E-state index is 14.3. The largest absolute Gasteiger partial charge is 0.466 e. The van der Waals surface area contributed by atoms with Gasteiger partial charge >= 0.3 is 12.1 Å². The third kappa shape index (κ3) is 11.8. The van der Waals surface area contributed by atoms with Crippen molar-refractivity contribution in [2.24, 2.45) is 5.92 Å². The van der Waals surface area contributed by atoms with Crippen LogP contribution in [-0.2, 0) is 23.9 Å². The van der Waals surface area contributed by atoms with E-state index in [2.05, 4.69) is 24.1 Å². The van der Waals surface area contributed by atoms with Crippen molar-refractivity contribution in [3.63, 3.8) is 0 Å². The van der Waals surface area contributed by atoms with Gasteiger partial charge in [0, 0.05) is 13.1 Å². The van der Waals surface area contributed by atoms with E-state index in [-0.39, 0.29) is 31.4 Å². The highest BCUT2D eigenvalue weighted by molar-refractivity contribution is 5.92. The summed E-state index contributed by atoms with van der Waals surface area (Å²) >= 11 is 0. The van der Waals surface area contributed by atoms with Gasteiger partial charge < -0.3 is 25.0 Å². The molecule has 0 radical (unpaired) electrons. The van der Waals surface area contributed by atoms with Gasteiger partial charge in [0.05, 0.1) is 13.0 Å². The summed E-state index contributed by atoms with van der Waals surface area (Å²) in [5.74, 6) is -1.43. The topological polar surface area (TPSA) is 114 Å². The number of hydrogen-bond acceptors (Lipinski definition) is 6. The van der Waals surface area contributed by atoms with Gasteiger partial charge in [0.1, 0.15) is 17.7 Å². The number of ether oxygens (including phenoxy) is 2. The molecule has 9 heteroatoms. The van der Waals surface area contributed by atoms with E-state index in [1.54, 1.807) is 44.7 Å². The van der Waals surface area contributed by atoms with Gasteiger partial charge in [-0.3, -0.25) is 14.4 Å². The number of esters is 1. The molecule has 1 aromatic carbocycles. The first-order valence-corrected chi connectivity index (χ1v) is 14.3. The molecule has 0 saturated carbocycles. The Hall–Kier alpha value is -3.36. The molecule has 0 aromatic heterocycles. The number of rotatable bonds is 16. The summed E-state index contributed by atoms with van der Waals surface area (Å²) in [4.78, 5) is 54.2. The maximum absolute atomic E-state index is 14.3. The highest BCUT2D eigenvalue weighted by Crippen LogP contribution is 2.26. The summed E-state index contributed by atoms with van der Waals surface area (Å²) < 4.78 is 10.4. The van der Waals surface area contributed by atoms with Crippen molar-refractivity contribution in [2.75, 3.05) is 19.7 Å². The molecule has 3 amide bonds. The molecule has 0 fully saturated rings. The molecule has 224 valence electrons. The van der Waals surface area contributed by atoms with Gasteiger partial charge in [0.25, 0.3) is 0 Å². The lowest BCUT2D eigenvalue weighted by Gasteiger charge is -2.36. The first-order valence-electron chi connectivity index (χ1n) is 14.3. The number of carbonyl (C=O) groups excluding carboxylic acids is 4. The Labute approximate surface area is 240 Å². The standard InChI is InChI=1S/C31H49N3O6/c1-9-13-14-20-34(29(37)26(22(5)10-2)33-30(38)40-31(6,7)8)27(24-17-15-16-23(11-3)21-24)28(36)32-19-18-25(35)39-12-4/h11,15-17,21-22,26-27H,3,9-10,12-14,18-20H2,1-2,4-8H3,(H,32,36)(H,33,38). The fourth-order valence-electron chi connectivity index (χ4n) is 4.14. The van der Waals surface area contributed by atoms with Gasteiger partial charge in [-0.2, -0.15) is 0 Å². The minimum Gasteiger partial charge on any atom is -0.466 e. The van der Waals surface area contributed by atoms with Crippen LogP contribution in [0.25, 0.3) is 6.08 Å². The van der Waals surface area contributed by atoms with Gasteiger partial charge in [-0.1, -0.05) is 70.9 Å². The molecule has 1 rings (SSSR count). The predicted octanol–water partition coefficient (Wildman–Crippen LogP) is 5.40. The lowest BCUT2D eigenvalue weighted by atomic mass is 9.95. The number of carbonyl (C=O) groups is 4. The highest BCUT2D eigenvalue weighted by Gasteiger charge is 2.38. The zero-order chi connectivity index (χ0) is 30.3. The summed E-state index contributed by atoms with van der Waals surface area (Å²) in [5, 5.41) is 5.59. The summed E-state index contributed by atoms with van der Waals surface area (Å²) in [6.07, 6.45) is 4.08. The van der Waals surface area contributed by atoms with E-state index < -0.39 is 35.7 Å². The van der Waals surface area contributed by atoms with E-state index >= 15 is 0 Å². The Morgan fingerprint density at radius 2 is 1.80 bits per heavy atom. The van der Waals surface area contributed by atoms with Crippen LogP contribution in [0.4, 0.5) is 4.79 Å². The molecule has 3 unspecified atom stereocenters. The van der Waals surface area contributed by atoms with E-state index in [1.165, 1.54) is 0 Å². The second-order valence-electron chi connectivity index (χ2n) is 10.9. The van der Waals surface area contributed by atoms with Gasteiger partial charge in [-0.15, -0.1) is 0 Å². The van der Waals surface area contributed by atoms with E-state index in [1.807, 2.05) is 32.0 Å².